The fourth-order valence-corrected chi connectivity index (χ4v) is 2.03. The molecule has 0 N–H and O–H groups in total. The Hall–Kier alpha value is -2.30. The van der Waals surface area contributed by atoms with Gasteiger partial charge in [-0.3, -0.25) is 9.48 Å². The van der Waals surface area contributed by atoms with Gasteiger partial charge in [-0.25, -0.2) is 0 Å². The number of nitrogens with zero attached hydrogens (tertiary/aromatic N) is 2. The van der Waals surface area contributed by atoms with Gasteiger partial charge in [-0.05, 0) is 30.2 Å². The highest BCUT2D eigenvalue weighted by atomic mass is 16.5. The zero-order valence-electron chi connectivity index (χ0n) is 11.9. The standard InChI is InChI=1S/C15H18N2O3/c1-17-10-11(9-16-17)4-6-14(18)13-8-12(19-2)5-7-15(13)20-3/h5,7-10H,4,6H2,1-3H3. The molecule has 0 saturated carbocycles. The number of aromatic nitrogens is 2. The molecule has 0 atom stereocenters. The highest BCUT2D eigenvalue weighted by Crippen LogP contribution is 2.25. The Bertz CT molecular complexity index is 605. The van der Waals surface area contributed by atoms with Crippen LogP contribution < -0.4 is 9.47 Å². The molecule has 106 valence electrons. The van der Waals surface area contributed by atoms with Crippen LogP contribution in [0.3, 0.4) is 0 Å². The number of aryl methyl sites for hydroxylation is 2. The monoisotopic (exact) mass is 274 g/mol. The van der Waals surface area contributed by atoms with Crippen molar-refractivity contribution in [2.45, 2.75) is 12.8 Å². The molecule has 0 radical (unpaired) electrons. The van der Waals surface area contributed by atoms with E-state index in [1.807, 2.05) is 13.2 Å². The van der Waals surface area contributed by atoms with E-state index in [-0.39, 0.29) is 5.78 Å². The van der Waals surface area contributed by atoms with Gasteiger partial charge in [0.15, 0.2) is 5.78 Å². The lowest BCUT2D eigenvalue weighted by Crippen LogP contribution is -2.04. The second kappa shape index (κ2) is 6.23. The Morgan fingerprint density at radius 3 is 2.70 bits per heavy atom. The molecule has 1 heterocycles. The summed E-state index contributed by atoms with van der Waals surface area (Å²) in [5, 5.41) is 4.09. The van der Waals surface area contributed by atoms with Crippen molar-refractivity contribution in [3.63, 3.8) is 0 Å². The van der Waals surface area contributed by atoms with Crippen LogP contribution in [0.15, 0.2) is 30.6 Å². The molecule has 5 heteroatoms. The molecule has 0 aliphatic carbocycles. The van der Waals surface area contributed by atoms with Crippen LogP contribution in [0.4, 0.5) is 0 Å². The lowest BCUT2D eigenvalue weighted by Gasteiger charge is -2.09. The molecule has 0 bridgehead atoms. The number of hydrogen-bond acceptors (Lipinski definition) is 4. The van der Waals surface area contributed by atoms with Crippen molar-refractivity contribution >= 4 is 5.78 Å². The maximum absolute atomic E-state index is 12.3. The summed E-state index contributed by atoms with van der Waals surface area (Å²) in [4.78, 5) is 12.3. The molecule has 0 saturated heterocycles. The van der Waals surface area contributed by atoms with Gasteiger partial charge in [-0.2, -0.15) is 5.10 Å². The second-order valence-corrected chi connectivity index (χ2v) is 4.51. The number of ether oxygens (including phenoxy) is 2. The summed E-state index contributed by atoms with van der Waals surface area (Å²) < 4.78 is 12.1. The van der Waals surface area contributed by atoms with Crippen molar-refractivity contribution in [2.24, 2.45) is 7.05 Å². The van der Waals surface area contributed by atoms with Gasteiger partial charge < -0.3 is 9.47 Å². The van der Waals surface area contributed by atoms with Crippen molar-refractivity contribution in [3.05, 3.63) is 41.7 Å². The first-order valence-electron chi connectivity index (χ1n) is 6.36. The van der Waals surface area contributed by atoms with Gasteiger partial charge in [-0.1, -0.05) is 0 Å². The summed E-state index contributed by atoms with van der Waals surface area (Å²) in [6.45, 7) is 0. The fraction of sp³-hybridized carbons (Fsp3) is 0.333. The van der Waals surface area contributed by atoms with E-state index in [9.17, 15) is 4.79 Å². The minimum atomic E-state index is 0.0320. The fourth-order valence-electron chi connectivity index (χ4n) is 2.03. The first-order valence-corrected chi connectivity index (χ1v) is 6.36. The van der Waals surface area contributed by atoms with E-state index in [1.54, 1.807) is 43.3 Å². The van der Waals surface area contributed by atoms with Gasteiger partial charge in [0.25, 0.3) is 0 Å². The molecule has 2 aromatic rings. The molecule has 0 fully saturated rings. The number of ketones is 1. The van der Waals surface area contributed by atoms with Gasteiger partial charge in [0, 0.05) is 19.7 Å². The molecular formula is C15H18N2O3. The van der Waals surface area contributed by atoms with E-state index < -0.39 is 0 Å². The Balaban J connectivity index is 2.11. The number of benzene rings is 1. The highest BCUT2D eigenvalue weighted by molar-refractivity contribution is 5.99. The summed E-state index contributed by atoms with van der Waals surface area (Å²) in [6, 6.07) is 5.23. The third-order valence-electron chi connectivity index (χ3n) is 3.11. The van der Waals surface area contributed by atoms with Crippen LogP contribution in [0.5, 0.6) is 11.5 Å². The van der Waals surface area contributed by atoms with Crippen LogP contribution in [0.25, 0.3) is 0 Å². The number of Topliss-reactive ketones (excluding diaryl/α,β-unsaturated/α-hetero) is 1. The first-order chi connectivity index (χ1) is 9.63. The van der Waals surface area contributed by atoms with E-state index in [4.69, 9.17) is 9.47 Å². The summed E-state index contributed by atoms with van der Waals surface area (Å²) >= 11 is 0. The molecule has 1 aromatic heterocycles. The molecule has 0 amide bonds. The number of rotatable bonds is 6. The molecule has 5 nitrogen and oxygen atoms in total. The van der Waals surface area contributed by atoms with Crippen LogP contribution in [-0.2, 0) is 13.5 Å². The molecule has 20 heavy (non-hydrogen) atoms. The van der Waals surface area contributed by atoms with Crippen molar-refractivity contribution in [2.75, 3.05) is 14.2 Å². The highest BCUT2D eigenvalue weighted by Gasteiger charge is 2.14. The molecule has 0 unspecified atom stereocenters. The van der Waals surface area contributed by atoms with Crippen LogP contribution >= 0.6 is 0 Å². The smallest absolute Gasteiger partial charge is 0.167 e. The van der Waals surface area contributed by atoms with Gasteiger partial charge in [0.2, 0.25) is 0 Å². The lowest BCUT2D eigenvalue weighted by molar-refractivity contribution is 0.0979. The van der Waals surface area contributed by atoms with Gasteiger partial charge >= 0.3 is 0 Å². The van der Waals surface area contributed by atoms with Crippen LogP contribution in [0.2, 0.25) is 0 Å². The lowest BCUT2D eigenvalue weighted by atomic mass is 10.0. The van der Waals surface area contributed by atoms with Crippen molar-refractivity contribution < 1.29 is 14.3 Å². The van der Waals surface area contributed by atoms with Crippen molar-refractivity contribution in [1.29, 1.82) is 0 Å². The molecular weight excluding hydrogens is 256 g/mol. The SMILES string of the molecule is COc1ccc(OC)c(C(=O)CCc2cnn(C)c2)c1. The van der Waals surface area contributed by atoms with E-state index in [0.717, 1.165) is 5.56 Å². The Morgan fingerprint density at radius 1 is 1.30 bits per heavy atom. The summed E-state index contributed by atoms with van der Waals surface area (Å²) in [6.07, 6.45) is 4.76. The third-order valence-corrected chi connectivity index (χ3v) is 3.11. The van der Waals surface area contributed by atoms with Crippen molar-refractivity contribution in [3.8, 4) is 11.5 Å². The Labute approximate surface area is 118 Å². The predicted octanol–water partition coefficient (Wildman–Crippen LogP) is 2.25. The number of carbonyl (C=O) groups is 1. The number of hydrogen-bond donors (Lipinski definition) is 0. The minimum absolute atomic E-state index is 0.0320. The van der Waals surface area contributed by atoms with Gasteiger partial charge in [0.1, 0.15) is 11.5 Å². The Kier molecular flexibility index (Phi) is 4.40. The van der Waals surface area contributed by atoms with E-state index in [0.29, 0.717) is 29.9 Å². The predicted molar refractivity (Wildman–Crippen MR) is 75.4 cm³/mol. The maximum atomic E-state index is 12.3. The second-order valence-electron chi connectivity index (χ2n) is 4.51. The first kappa shape index (κ1) is 14.1. The summed E-state index contributed by atoms with van der Waals surface area (Å²) in [7, 11) is 4.99. The van der Waals surface area contributed by atoms with Gasteiger partial charge in [-0.15, -0.1) is 0 Å². The normalized spacial score (nSPS) is 10.3. The number of methoxy groups -OCH3 is 2. The van der Waals surface area contributed by atoms with Crippen LogP contribution in [0.1, 0.15) is 22.3 Å². The van der Waals surface area contributed by atoms with Crippen LogP contribution in [0, 0.1) is 0 Å². The average molecular weight is 274 g/mol. The van der Waals surface area contributed by atoms with E-state index >= 15 is 0 Å². The third kappa shape index (κ3) is 3.17. The molecule has 0 aliphatic rings. The van der Waals surface area contributed by atoms with E-state index in [1.165, 1.54) is 0 Å². The molecule has 0 spiro atoms. The zero-order chi connectivity index (χ0) is 14.5. The number of carbonyl (C=O) groups excluding carboxylic acids is 1. The summed E-state index contributed by atoms with van der Waals surface area (Å²) in [5.74, 6) is 1.25. The minimum Gasteiger partial charge on any atom is -0.497 e. The zero-order valence-corrected chi connectivity index (χ0v) is 11.9. The van der Waals surface area contributed by atoms with Gasteiger partial charge in [0.05, 0.1) is 26.0 Å². The van der Waals surface area contributed by atoms with E-state index in [2.05, 4.69) is 5.10 Å². The maximum Gasteiger partial charge on any atom is 0.167 e. The average Bonchev–Trinajstić information content (AvgIpc) is 2.89. The molecule has 1 aromatic carbocycles. The molecule has 2 rings (SSSR count). The molecule has 0 aliphatic heterocycles. The van der Waals surface area contributed by atoms with Crippen molar-refractivity contribution in [1.82, 2.24) is 9.78 Å². The topological polar surface area (TPSA) is 53.4 Å². The Morgan fingerprint density at radius 2 is 2.10 bits per heavy atom. The largest absolute Gasteiger partial charge is 0.497 e. The quantitative estimate of drug-likeness (QED) is 0.758. The van der Waals surface area contributed by atoms with Crippen LogP contribution in [-0.4, -0.2) is 29.8 Å². The summed E-state index contributed by atoms with van der Waals surface area (Å²) in [5.41, 5.74) is 1.60.